The second kappa shape index (κ2) is 6.33. The number of likely N-dealkylation sites (N-methyl/N-ethyl adjacent to an activating group) is 1. The molecule has 1 aromatic rings. The molecule has 0 saturated carbocycles. The Morgan fingerprint density at radius 1 is 1.31 bits per heavy atom. The number of hydrogen-bond donors (Lipinski definition) is 1. The summed E-state index contributed by atoms with van der Waals surface area (Å²) in [7, 11) is 0. The van der Waals surface area contributed by atoms with Crippen LogP contribution in [0.5, 0.6) is 0 Å². The Balaban J connectivity index is 2.80. The molecule has 2 heteroatoms. The van der Waals surface area contributed by atoms with Crippen LogP contribution < -0.4 is 4.90 Å². The SMILES string of the molecule is C=CCN(CC)c1ccc(C(O)CC)cc1. The van der Waals surface area contributed by atoms with Gasteiger partial charge in [0.1, 0.15) is 0 Å². The molecule has 0 fully saturated rings. The summed E-state index contributed by atoms with van der Waals surface area (Å²) in [5.41, 5.74) is 2.16. The lowest BCUT2D eigenvalue weighted by molar-refractivity contribution is 0.173. The normalized spacial score (nSPS) is 12.2. The fourth-order valence-corrected chi connectivity index (χ4v) is 1.72. The minimum atomic E-state index is -0.344. The van der Waals surface area contributed by atoms with Crippen molar-refractivity contribution in [1.29, 1.82) is 0 Å². The average Bonchev–Trinajstić information content (AvgIpc) is 2.35. The van der Waals surface area contributed by atoms with Gasteiger partial charge in [-0.25, -0.2) is 0 Å². The van der Waals surface area contributed by atoms with Crippen molar-refractivity contribution < 1.29 is 5.11 Å². The summed E-state index contributed by atoms with van der Waals surface area (Å²) >= 11 is 0. The van der Waals surface area contributed by atoms with Crippen molar-refractivity contribution in [2.45, 2.75) is 26.4 Å². The number of aliphatic hydroxyl groups is 1. The first-order valence-corrected chi connectivity index (χ1v) is 5.86. The summed E-state index contributed by atoms with van der Waals surface area (Å²) < 4.78 is 0. The number of aliphatic hydroxyl groups excluding tert-OH is 1. The molecule has 0 aliphatic heterocycles. The Morgan fingerprint density at radius 3 is 2.38 bits per heavy atom. The Bertz CT molecular complexity index is 318. The topological polar surface area (TPSA) is 23.5 Å². The van der Waals surface area contributed by atoms with Crippen LogP contribution in [-0.2, 0) is 0 Å². The lowest BCUT2D eigenvalue weighted by Crippen LogP contribution is -2.22. The maximum absolute atomic E-state index is 9.69. The molecule has 0 radical (unpaired) electrons. The molecular weight excluding hydrogens is 198 g/mol. The summed E-state index contributed by atoms with van der Waals surface area (Å²) in [5.74, 6) is 0. The van der Waals surface area contributed by atoms with Crippen molar-refractivity contribution in [2.24, 2.45) is 0 Å². The van der Waals surface area contributed by atoms with Gasteiger partial charge < -0.3 is 10.0 Å². The molecule has 0 aliphatic rings. The molecule has 1 aromatic carbocycles. The Morgan fingerprint density at radius 2 is 1.94 bits per heavy atom. The lowest BCUT2D eigenvalue weighted by Gasteiger charge is -2.21. The minimum absolute atomic E-state index is 0.344. The van der Waals surface area contributed by atoms with E-state index in [1.54, 1.807) is 0 Å². The highest BCUT2D eigenvalue weighted by Gasteiger charge is 2.06. The first-order valence-electron chi connectivity index (χ1n) is 5.86. The second-order valence-corrected chi connectivity index (χ2v) is 3.84. The number of nitrogens with zero attached hydrogens (tertiary/aromatic N) is 1. The third-order valence-corrected chi connectivity index (χ3v) is 2.76. The average molecular weight is 219 g/mol. The molecule has 0 spiro atoms. The van der Waals surface area contributed by atoms with Crippen LogP contribution in [0, 0.1) is 0 Å². The first-order chi connectivity index (χ1) is 7.72. The quantitative estimate of drug-likeness (QED) is 0.743. The molecule has 16 heavy (non-hydrogen) atoms. The van der Waals surface area contributed by atoms with Crippen LogP contribution in [0.4, 0.5) is 5.69 Å². The van der Waals surface area contributed by atoms with Gasteiger partial charge in [-0.15, -0.1) is 6.58 Å². The van der Waals surface area contributed by atoms with E-state index in [0.29, 0.717) is 0 Å². The van der Waals surface area contributed by atoms with Crippen LogP contribution >= 0.6 is 0 Å². The van der Waals surface area contributed by atoms with Crippen LogP contribution in [0.15, 0.2) is 36.9 Å². The number of anilines is 1. The highest BCUT2D eigenvalue weighted by molar-refractivity contribution is 5.48. The monoisotopic (exact) mass is 219 g/mol. The predicted molar refractivity (Wildman–Crippen MR) is 69.8 cm³/mol. The van der Waals surface area contributed by atoms with Gasteiger partial charge in [-0.3, -0.25) is 0 Å². The maximum Gasteiger partial charge on any atom is 0.0787 e. The van der Waals surface area contributed by atoms with Crippen LogP contribution in [0.2, 0.25) is 0 Å². The van der Waals surface area contributed by atoms with Gasteiger partial charge >= 0.3 is 0 Å². The van der Waals surface area contributed by atoms with E-state index in [1.165, 1.54) is 5.69 Å². The molecular formula is C14H21NO. The van der Waals surface area contributed by atoms with Gasteiger partial charge in [0, 0.05) is 18.8 Å². The van der Waals surface area contributed by atoms with Crippen LogP contribution in [0.3, 0.4) is 0 Å². The number of rotatable bonds is 6. The zero-order valence-corrected chi connectivity index (χ0v) is 10.2. The first kappa shape index (κ1) is 12.8. The van der Waals surface area contributed by atoms with Crippen LogP contribution in [0.25, 0.3) is 0 Å². The molecule has 0 aliphatic carbocycles. The van der Waals surface area contributed by atoms with E-state index in [0.717, 1.165) is 25.1 Å². The highest BCUT2D eigenvalue weighted by Crippen LogP contribution is 2.20. The van der Waals surface area contributed by atoms with Crippen molar-refractivity contribution in [3.8, 4) is 0 Å². The Labute approximate surface area is 98.2 Å². The van der Waals surface area contributed by atoms with Crippen LogP contribution in [0.1, 0.15) is 31.9 Å². The largest absolute Gasteiger partial charge is 0.388 e. The molecule has 2 nitrogen and oxygen atoms in total. The standard InChI is InChI=1S/C14H21NO/c1-4-11-15(6-3)13-9-7-12(8-10-13)14(16)5-2/h4,7-10,14,16H,1,5-6,11H2,2-3H3. The molecule has 0 amide bonds. The number of benzene rings is 1. The summed E-state index contributed by atoms with van der Waals surface area (Å²) in [4.78, 5) is 2.23. The van der Waals surface area contributed by atoms with Gasteiger partial charge in [-0.1, -0.05) is 25.1 Å². The molecule has 0 aromatic heterocycles. The fraction of sp³-hybridized carbons (Fsp3) is 0.429. The molecule has 1 atom stereocenters. The van der Waals surface area contributed by atoms with Gasteiger partial charge in [0.15, 0.2) is 0 Å². The minimum Gasteiger partial charge on any atom is -0.388 e. The molecule has 1 N–H and O–H groups in total. The summed E-state index contributed by atoms with van der Waals surface area (Å²) in [6.45, 7) is 9.67. The van der Waals surface area contributed by atoms with E-state index in [9.17, 15) is 5.11 Å². The van der Waals surface area contributed by atoms with Gasteiger partial charge in [0.25, 0.3) is 0 Å². The third-order valence-electron chi connectivity index (χ3n) is 2.76. The van der Waals surface area contributed by atoms with Crippen molar-refractivity contribution in [3.63, 3.8) is 0 Å². The van der Waals surface area contributed by atoms with Crippen molar-refractivity contribution in [3.05, 3.63) is 42.5 Å². The third kappa shape index (κ3) is 3.11. The maximum atomic E-state index is 9.69. The highest BCUT2D eigenvalue weighted by atomic mass is 16.3. The number of hydrogen-bond acceptors (Lipinski definition) is 2. The van der Waals surface area contributed by atoms with Crippen molar-refractivity contribution in [2.75, 3.05) is 18.0 Å². The molecule has 0 heterocycles. The van der Waals surface area contributed by atoms with E-state index < -0.39 is 0 Å². The van der Waals surface area contributed by atoms with Crippen molar-refractivity contribution >= 4 is 5.69 Å². The van der Waals surface area contributed by atoms with Gasteiger partial charge in [0.05, 0.1) is 6.10 Å². The molecule has 0 saturated heterocycles. The molecule has 1 rings (SSSR count). The predicted octanol–water partition coefficient (Wildman–Crippen LogP) is 3.14. The Kier molecular flexibility index (Phi) is 5.06. The molecule has 1 unspecified atom stereocenters. The van der Waals surface area contributed by atoms with E-state index in [2.05, 4.69) is 30.5 Å². The smallest absolute Gasteiger partial charge is 0.0787 e. The van der Waals surface area contributed by atoms with Crippen LogP contribution in [-0.4, -0.2) is 18.2 Å². The van der Waals surface area contributed by atoms with E-state index in [1.807, 2.05) is 25.1 Å². The Hall–Kier alpha value is -1.28. The molecule has 0 bridgehead atoms. The zero-order chi connectivity index (χ0) is 12.0. The van der Waals surface area contributed by atoms with Crippen molar-refractivity contribution in [1.82, 2.24) is 0 Å². The molecule has 88 valence electrons. The summed E-state index contributed by atoms with van der Waals surface area (Å²) in [5, 5.41) is 9.69. The summed E-state index contributed by atoms with van der Waals surface area (Å²) in [6.07, 6.45) is 2.31. The summed E-state index contributed by atoms with van der Waals surface area (Å²) in [6, 6.07) is 8.10. The van der Waals surface area contributed by atoms with E-state index in [-0.39, 0.29) is 6.10 Å². The van der Waals surface area contributed by atoms with E-state index in [4.69, 9.17) is 0 Å². The fourth-order valence-electron chi connectivity index (χ4n) is 1.72. The zero-order valence-electron chi connectivity index (χ0n) is 10.2. The van der Waals surface area contributed by atoms with Gasteiger partial charge in [-0.05, 0) is 31.0 Å². The second-order valence-electron chi connectivity index (χ2n) is 3.84. The van der Waals surface area contributed by atoms with Gasteiger partial charge in [-0.2, -0.15) is 0 Å². The van der Waals surface area contributed by atoms with E-state index >= 15 is 0 Å². The lowest BCUT2D eigenvalue weighted by atomic mass is 10.1. The van der Waals surface area contributed by atoms with Gasteiger partial charge in [0.2, 0.25) is 0 Å².